The zero-order valence-corrected chi connectivity index (χ0v) is 28.1. The molecule has 4 N–H and O–H groups in total. The van der Waals surface area contributed by atoms with Gasteiger partial charge in [0.15, 0.2) is 0 Å². The van der Waals surface area contributed by atoms with Crippen LogP contribution in [0, 0.1) is 17.8 Å². The summed E-state index contributed by atoms with van der Waals surface area (Å²) in [5.74, 6) is -0.148. The molecule has 1 aliphatic heterocycles. The molecule has 5 amide bonds. The van der Waals surface area contributed by atoms with Gasteiger partial charge in [0, 0.05) is 25.0 Å². The van der Waals surface area contributed by atoms with Gasteiger partial charge in [-0.25, -0.2) is 4.79 Å². The second-order valence-electron chi connectivity index (χ2n) is 13.2. The molecule has 2 rings (SSSR count). The van der Waals surface area contributed by atoms with E-state index in [0.717, 1.165) is 37.7 Å². The molecule has 0 radical (unpaired) electrons. The fourth-order valence-electron chi connectivity index (χ4n) is 6.20. The first-order valence-electron chi connectivity index (χ1n) is 16.3. The third-order valence-electron chi connectivity index (χ3n) is 8.51. The van der Waals surface area contributed by atoms with Crippen LogP contribution in [0.1, 0.15) is 91.9 Å². The number of Topliss-reactive ketones (excluding diaryl/α,β-unsaturated/α-hetero) is 1. The molecule has 1 aliphatic carbocycles. The first-order valence-corrected chi connectivity index (χ1v) is 16.3. The Balaban J connectivity index is 2.24. The van der Waals surface area contributed by atoms with Crippen LogP contribution in [0.15, 0.2) is 49.1 Å². The van der Waals surface area contributed by atoms with Crippen LogP contribution in [0.4, 0.5) is 4.79 Å². The monoisotopic (exact) mass is 635 g/mol. The largest absolute Gasteiger partial charge is 0.346 e. The van der Waals surface area contributed by atoms with Crippen molar-refractivity contribution in [1.29, 1.82) is 0 Å². The van der Waals surface area contributed by atoms with Gasteiger partial charge in [-0.05, 0) is 56.4 Å². The van der Waals surface area contributed by atoms with Crippen molar-refractivity contribution in [2.75, 3.05) is 13.1 Å². The molecule has 46 heavy (non-hydrogen) atoms. The Morgan fingerprint density at radius 3 is 2.35 bits per heavy atom. The van der Waals surface area contributed by atoms with Crippen LogP contribution in [0.2, 0.25) is 0 Å². The summed E-state index contributed by atoms with van der Waals surface area (Å²) >= 11 is 0. The molecule has 0 aromatic carbocycles. The van der Waals surface area contributed by atoms with Crippen LogP contribution in [-0.4, -0.2) is 71.2 Å². The Labute approximate surface area is 275 Å². The lowest BCUT2D eigenvalue weighted by molar-refractivity contribution is -0.143. The van der Waals surface area contributed by atoms with Gasteiger partial charge in [-0.3, -0.25) is 19.2 Å². The van der Waals surface area contributed by atoms with E-state index in [4.69, 9.17) is 6.42 Å². The first kappa shape index (κ1) is 38.1. The normalized spacial score (nSPS) is 19.3. The lowest BCUT2D eigenvalue weighted by Crippen LogP contribution is -2.62. The number of likely N-dealkylation sites (tertiary alicyclic amines) is 1. The summed E-state index contributed by atoms with van der Waals surface area (Å²) in [6.07, 6.45) is 21.1. The van der Waals surface area contributed by atoms with E-state index in [0.29, 0.717) is 25.8 Å². The fourth-order valence-corrected chi connectivity index (χ4v) is 6.20. The van der Waals surface area contributed by atoms with Crippen LogP contribution in [0.3, 0.4) is 0 Å². The fraction of sp³-hybridized carbons (Fsp3) is 0.583. The van der Waals surface area contributed by atoms with Gasteiger partial charge in [-0.1, -0.05) is 77.0 Å². The number of ketones is 1. The summed E-state index contributed by atoms with van der Waals surface area (Å²) in [6, 6.07) is -3.36. The zero-order valence-electron chi connectivity index (χ0n) is 28.1. The highest BCUT2D eigenvalue weighted by Crippen LogP contribution is 2.34. The van der Waals surface area contributed by atoms with E-state index in [9.17, 15) is 24.0 Å². The van der Waals surface area contributed by atoms with Gasteiger partial charge in [-0.15, -0.1) is 18.9 Å². The molecular weight excluding hydrogens is 582 g/mol. The van der Waals surface area contributed by atoms with Crippen molar-refractivity contribution in [3.05, 3.63) is 49.1 Å². The molecule has 2 unspecified atom stereocenters. The van der Waals surface area contributed by atoms with Crippen molar-refractivity contribution in [2.45, 2.75) is 116 Å². The highest BCUT2D eigenvalue weighted by molar-refractivity contribution is 6.38. The van der Waals surface area contributed by atoms with Crippen molar-refractivity contribution in [1.82, 2.24) is 26.2 Å². The quantitative estimate of drug-likeness (QED) is 0.0924. The molecule has 0 bridgehead atoms. The predicted octanol–water partition coefficient (Wildman–Crippen LogP) is 4.24. The number of carbonyl (C=O) groups is 5. The Morgan fingerprint density at radius 2 is 1.76 bits per heavy atom. The average Bonchev–Trinajstić information content (AvgIpc) is 3.50. The number of nitrogens with zero attached hydrogens (tertiary/aromatic N) is 1. The molecule has 2 fully saturated rings. The third-order valence-corrected chi connectivity index (χ3v) is 8.51. The van der Waals surface area contributed by atoms with Crippen molar-refractivity contribution < 1.29 is 24.0 Å². The van der Waals surface area contributed by atoms with E-state index in [1.807, 2.05) is 45.9 Å². The molecule has 10 heteroatoms. The lowest BCUT2D eigenvalue weighted by Gasteiger charge is -2.40. The van der Waals surface area contributed by atoms with Crippen LogP contribution in [0.25, 0.3) is 0 Å². The number of urea groups is 1. The smallest absolute Gasteiger partial charge is 0.315 e. The van der Waals surface area contributed by atoms with Crippen molar-refractivity contribution in [2.24, 2.45) is 5.41 Å². The topological polar surface area (TPSA) is 137 Å². The van der Waals surface area contributed by atoms with Gasteiger partial charge < -0.3 is 26.2 Å². The summed E-state index contributed by atoms with van der Waals surface area (Å²) in [7, 11) is 0. The number of allylic oxidation sites excluding steroid dienone is 4. The van der Waals surface area contributed by atoms with Gasteiger partial charge >= 0.3 is 6.03 Å². The van der Waals surface area contributed by atoms with E-state index in [1.54, 1.807) is 6.08 Å². The van der Waals surface area contributed by atoms with E-state index in [2.05, 4.69) is 40.3 Å². The van der Waals surface area contributed by atoms with E-state index < -0.39 is 52.7 Å². The average molecular weight is 636 g/mol. The van der Waals surface area contributed by atoms with Gasteiger partial charge in [-0.2, -0.15) is 0 Å². The number of terminal acetylenes is 1. The lowest BCUT2D eigenvalue weighted by atomic mass is 9.77. The van der Waals surface area contributed by atoms with Crippen LogP contribution < -0.4 is 21.3 Å². The van der Waals surface area contributed by atoms with Crippen molar-refractivity contribution >= 4 is 29.5 Å². The molecule has 3 atom stereocenters. The number of rotatable bonds is 15. The van der Waals surface area contributed by atoms with Crippen LogP contribution in [-0.2, 0) is 19.2 Å². The summed E-state index contributed by atoms with van der Waals surface area (Å²) < 4.78 is 0. The minimum Gasteiger partial charge on any atom is -0.346 e. The van der Waals surface area contributed by atoms with Crippen LogP contribution >= 0.6 is 0 Å². The van der Waals surface area contributed by atoms with Gasteiger partial charge in [0.25, 0.3) is 5.91 Å². The SMILES string of the molecule is C#CCCC(NC(=O)[C@@H]1CCCN1C(=O)C(NC(=O)NC1(CC(/C=C\C)=C/C=C)CCCCC1)C(C)(C)C)C(=O)C(=O)NCC=C. The standard InChI is InChI=1S/C36H53N5O5/c1-8-12-19-27(29(42)32(44)37-23-11-4)38-31(43)28-20-16-24-41(28)33(45)30(35(5,6)7)39-34(46)40-36(21-14-13-15-22-36)25-26(17-9-2)18-10-3/h1,9-11,17-18,27-28,30H,2,4,12-16,19-25H2,3,5-7H3,(H,37,44)(H,38,43)(H2,39,40,46)/b18-10-,26-17+/t27?,28-,30?/m0/s1. The number of carbonyl (C=O) groups excluding carboxylic acids is 5. The molecule has 0 spiro atoms. The molecule has 10 nitrogen and oxygen atoms in total. The minimum absolute atomic E-state index is 0.0785. The second kappa shape index (κ2) is 18.1. The maximum Gasteiger partial charge on any atom is 0.315 e. The summed E-state index contributed by atoms with van der Waals surface area (Å²) in [5, 5.41) is 11.3. The van der Waals surface area contributed by atoms with Gasteiger partial charge in [0.2, 0.25) is 17.6 Å². The van der Waals surface area contributed by atoms with Crippen LogP contribution in [0.5, 0.6) is 0 Å². The highest BCUT2D eigenvalue weighted by atomic mass is 16.2. The second-order valence-corrected chi connectivity index (χ2v) is 13.2. The molecule has 252 valence electrons. The number of hydrogen-bond acceptors (Lipinski definition) is 5. The van der Waals surface area contributed by atoms with E-state index in [-0.39, 0.29) is 25.3 Å². The predicted molar refractivity (Wildman–Crippen MR) is 181 cm³/mol. The van der Waals surface area contributed by atoms with Crippen molar-refractivity contribution in [3.8, 4) is 12.3 Å². The molecule has 2 aliphatic rings. The summed E-state index contributed by atoms with van der Waals surface area (Å²) in [6.45, 7) is 15.3. The maximum absolute atomic E-state index is 14.1. The Bertz CT molecular complexity index is 1230. The highest BCUT2D eigenvalue weighted by Gasteiger charge is 2.43. The van der Waals surface area contributed by atoms with Crippen molar-refractivity contribution in [3.63, 3.8) is 0 Å². The maximum atomic E-state index is 14.1. The van der Waals surface area contributed by atoms with Gasteiger partial charge in [0.1, 0.15) is 12.1 Å². The Kier molecular flexibility index (Phi) is 15.0. The summed E-state index contributed by atoms with van der Waals surface area (Å²) in [5.41, 5.74) is -0.0762. The molecule has 1 saturated carbocycles. The molecule has 0 aromatic heterocycles. The van der Waals surface area contributed by atoms with Gasteiger partial charge in [0.05, 0.1) is 6.04 Å². The zero-order chi connectivity index (χ0) is 34.3. The minimum atomic E-state index is -1.14. The number of hydrogen-bond donors (Lipinski definition) is 4. The summed E-state index contributed by atoms with van der Waals surface area (Å²) in [4.78, 5) is 67.9. The number of amides is 5. The first-order chi connectivity index (χ1) is 21.8. The molecule has 1 heterocycles. The number of nitrogens with one attached hydrogen (secondary N) is 4. The van der Waals surface area contributed by atoms with E-state index >= 15 is 0 Å². The van der Waals surface area contributed by atoms with E-state index in [1.165, 1.54) is 11.0 Å². The molecule has 0 aromatic rings. The third kappa shape index (κ3) is 11.0. The Morgan fingerprint density at radius 1 is 1.07 bits per heavy atom. The Hall–Kier alpha value is -4.13. The molecule has 1 saturated heterocycles. The molecular formula is C36H53N5O5.